The zero-order chi connectivity index (χ0) is 11.3. The van der Waals surface area contributed by atoms with E-state index in [-0.39, 0.29) is 6.61 Å². The van der Waals surface area contributed by atoms with Gasteiger partial charge < -0.3 is 15.6 Å². The number of carboxylic acids is 1. The van der Waals surface area contributed by atoms with Crippen molar-refractivity contribution in [3.05, 3.63) is 35.1 Å². The van der Waals surface area contributed by atoms with Gasteiger partial charge in [-0.15, -0.1) is 0 Å². The fourth-order valence-corrected chi connectivity index (χ4v) is 1.17. The van der Waals surface area contributed by atoms with Crippen LogP contribution < -0.4 is 5.73 Å². The number of allylic oxidation sites excluding steroid dienone is 5. The first-order valence-corrected chi connectivity index (χ1v) is 4.82. The number of rotatable bonds is 4. The fourth-order valence-electron chi connectivity index (χ4n) is 0.961. The summed E-state index contributed by atoms with van der Waals surface area (Å²) in [6.45, 7) is -0.0920. The summed E-state index contributed by atoms with van der Waals surface area (Å²) in [6, 6.07) is -1.04. The molecule has 0 aliphatic heterocycles. The van der Waals surface area contributed by atoms with Crippen molar-refractivity contribution in [3.8, 4) is 0 Å². The van der Waals surface area contributed by atoms with Gasteiger partial charge in [-0.1, -0.05) is 29.8 Å². The second-order valence-corrected chi connectivity index (χ2v) is 3.47. The minimum Gasteiger partial charge on any atom is -0.490 e. The molecule has 5 heteroatoms. The van der Waals surface area contributed by atoms with E-state index in [2.05, 4.69) is 0 Å². The molecule has 0 spiro atoms. The number of hydrogen-bond acceptors (Lipinski definition) is 3. The van der Waals surface area contributed by atoms with E-state index in [0.717, 1.165) is 0 Å². The van der Waals surface area contributed by atoms with Crippen LogP contribution in [-0.2, 0) is 9.53 Å². The minimum atomic E-state index is -1.09. The van der Waals surface area contributed by atoms with Gasteiger partial charge in [-0.3, -0.25) is 4.79 Å². The van der Waals surface area contributed by atoms with E-state index in [1.165, 1.54) is 0 Å². The molecule has 0 aromatic heterocycles. The van der Waals surface area contributed by atoms with Crippen molar-refractivity contribution in [2.24, 2.45) is 5.73 Å². The third kappa shape index (κ3) is 3.77. The van der Waals surface area contributed by atoms with Crippen LogP contribution >= 0.6 is 11.6 Å². The lowest BCUT2D eigenvalue weighted by molar-refractivity contribution is -0.139. The molecule has 15 heavy (non-hydrogen) atoms. The topological polar surface area (TPSA) is 72.5 Å². The van der Waals surface area contributed by atoms with E-state index in [1.54, 1.807) is 12.2 Å². The molecule has 0 aromatic rings. The highest BCUT2D eigenvalue weighted by atomic mass is 35.5. The smallest absolute Gasteiger partial charge is 0.324 e. The van der Waals surface area contributed by atoms with Crippen molar-refractivity contribution < 1.29 is 14.6 Å². The van der Waals surface area contributed by atoms with Gasteiger partial charge in [0.25, 0.3) is 0 Å². The molecule has 0 saturated carbocycles. The number of carboxylic acid groups (broad SMARTS) is 1. The van der Waals surface area contributed by atoms with Gasteiger partial charge in [0, 0.05) is 6.42 Å². The average molecular weight is 230 g/mol. The Bertz CT molecular complexity index is 334. The molecule has 3 N–H and O–H groups in total. The van der Waals surface area contributed by atoms with Crippen LogP contribution in [0, 0.1) is 0 Å². The van der Waals surface area contributed by atoms with Crippen LogP contribution in [0.25, 0.3) is 0 Å². The van der Waals surface area contributed by atoms with Crippen molar-refractivity contribution in [3.63, 3.8) is 0 Å². The van der Waals surface area contributed by atoms with E-state index in [0.29, 0.717) is 17.2 Å². The van der Waals surface area contributed by atoms with Gasteiger partial charge in [0.1, 0.15) is 18.4 Å². The Balaban J connectivity index is 2.54. The predicted octanol–water partition coefficient (Wildman–Crippen LogP) is 1.38. The van der Waals surface area contributed by atoms with Gasteiger partial charge in [-0.25, -0.2) is 0 Å². The van der Waals surface area contributed by atoms with Crippen LogP contribution in [0.5, 0.6) is 0 Å². The Morgan fingerprint density at radius 3 is 3.07 bits per heavy atom. The van der Waals surface area contributed by atoms with E-state index in [1.807, 2.05) is 12.2 Å². The lowest BCUT2D eigenvalue weighted by atomic mass is 10.3. The number of ether oxygens (including phenoxy) is 1. The molecule has 1 aliphatic rings. The summed E-state index contributed by atoms with van der Waals surface area (Å²) in [4.78, 5) is 10.4. The van der Waals surface area contributed by atoms with Gasteiger partial charge in [-0.05, 0) is 6.08 Å². The maximum Gasteiger partial charge on any atom is 0.324 e. The summed E-state index contributed by atoms with van der Waals surface area (Å²) in [5.41, 5.74) is 5.29. The lowest BCUT2D eigenvalue weighted by Gasteiger charge is -2.10. The first-order valence-electron chi connectivity index (χ1n) is 4.44. The molecule has 1 rings (SSSR count). The molecule has 0 fully saturated rings. The van der Waals surface area contributed by atoms with Gasteiger partial charge in [0.05, 0.1) is 5.03 Å². The monoisotopic (exact) mass is 229 g/mol. The molecular weight excluding hydrogens is 218 g/mol. The summed E-state index contributed by atoms with van der Waals surface area (Å²) < 4.78 is 5.21. The summed E-state index contributed by atoms with van der Waals surface area (Å²) in [7, 11) is 0. The minimum absolute atomic E-state index is 0.0920. The van der Waals surface area contributed by atoms with Crippen LogP contribution in [0.4, 0.5) is 0 Å². The Kier molecular flexibility index (Phi) is 4.39. The molecule has 82 valence electrons. The number of halogens is 1. The largest absolute Gasteiger partial charge is 0.490 e. The maximum absolute atomic E-state index is 10.4. The van der Waals surface area contributed by atoms with Gasteiger partial charge >= 0.3 is 5.97 Å². The molecule has 0 aromatic carbocycles. The van der Waals surface area contributed by atoms with E-state index in [9.17, 15) is 4.79 Å². The highest BCUT2D eigenvalue weighted by molar-refractivity contribution is 6.30. The number of nitrogens with two attached hydrogens (primary N) is 1. The molecule has 1 aliphatic carbocycles. The highest BCUT2D eigenvalue weighted by Gasteiger charge is 2.13. The van der Waals surface area contributed by atoms with E-state index < -0.39 is 12.0 Å². The number of carbonyl (C=O) groups is 1. The second kappa shape index (κ2) is 5.58. The Labute approximate surface area is 92.7 Å². The third-order valence-corrected chi connectivity index (χ3v) is 2.14. The van der Waals surface area contributed by atoms with Gasteiger partial charge in [0.2, 0.25) is 0 Å². The molecule has 0 bridgehead atoms. The Morgan fingerprint density at radius 1 is 1.67 bits per heavy atom. The van der Waals surface area contributed by atoms with Crippen LogP contribution in [0.2, 0.25) is 0 Å². The zero-order valence-corrected chi connectivity index (χ0v) is 8.78. The predicted molar refractivity (Wildman–Crippen MR) is 57.3 cm³/mol. The molecule has 0 amide bonds. The number of hydrogen-bond donors (Lipinski definition) is 2. The van der Waals surface area contributed by atoms with Crippen LogP contribution in [0.3, 0.4) is 0 Å². The normalized spacial score (nSPS) is 17.5. The van der Waals surface area contributed by atoms with Crippen LogP contribution in [-0.4, -0.2) is 23.7 Å². The molecule has 4 nitrogen and oxygen atoms in total. The van der Waals surface area contributed by atoms with Gasteiger partial charge in [0.15, 0.2) is 0 Å². The summed E-state index contributed by atoms with van der Waals surface area (Å²) >= 11 is 5.91. The molecule has 0 saturated heterocycles. The zero-order valence-electron chi connectivity index (χ0n) is 8.02. The van der Waals surface area contributed by atoms with Crippen molar-refractivity contribution in [1.29, 1.82) is 0 Å². The van der Waals surface area contributed by atoms with Crippen LogP contribution in [0.15, 0.2) is 35.1 Å². The first kappa shape index (κ1) is 11.8. The third-order valence-electron chi connectivity index (χ3n) is 1.79. The standard InChI is InChI=1S/C10H12ClNO3/c11-7-4-2-1-3-5-9(7)15-6-8(12)10(13)14/h1-3,5,8H,4,6,12H2,(H,13,14). The molecule has 0 radical (unpaired) electrons. The Hall–Kier alpha value is -1.26. The van der Waals surface area contributed by atoms with Gasteiger partial charge in [-0.2, -0.15) is 0 Å². The first-order chi connectivity index (χ1) is 7.11. The van der Waals surface area contributed by atoms with Crippen molar-refractivity contribution >= 4 is 17.6 Å². The highest BCUT2D eigenvalue weighted by Crippen LogP contribution is 2.19. The lowest BCUT2D eigenvalue weighted by Crippen LogP contribution is -2.34. The molecule has 1 unspecified atom stereocenters. The van der Waals surface area contributed by atoms with Crippen LogP contribution in [0.1, 0.15) is 6.42 Å². The SMILES string of the molecule is NC(COC1=C(Cl)CC=CC=C1)C(=O)O. The average Bonchev–Trinajstić information content (AvgIpc) is 2.39. The number of aliphatic carboxylic acids is 1. The molecular formula is C10H12ClNO3. The quantitative estimate of drug-likeness (QED) is 0.764. The summed E-state index contributed by atoms with van der Waals surface area (Å²) in [6.07, 6.45) is 7.76. The van der Waals surface area contributed by atoms with E-state index in [4.69, 9.17) is 27.2 Å². The van der Waals surface area contributed by atoms with E-state index >= 15 is 0 Å². The summed E-state index contributed by atoms with van der Waals surface area (Å²) in [5, 5.41) is 9.09. The second-order valence-electron chi connectivity index (χ2n) is 3.02. The van der Waals surface area contributed by atoms with Crippen molar-refractivity contribution in [1.82, 2.24) is 0 Å². The maximum atomic E-state index is 10.4. The summed E-state index contributed by atoms with van der Waals surface area (Å²) in [5.74, 6) is -0.624. The molecule has 1 atom stereocenters. The van der Waals surface area contributed by atoms with Crippen molar-refractivity contribution in [2.45, 2.75) is 12.5 Å². The Morgan fingerprint density at radius 2 is 2.40 bits per heavy atom. The fraction of sp³-hybridized carbons (Fsp3) is 0.300. The van der Waals surface area contributed by atoms with Crippen molar-refractivity contribution in [2.75, 3.05) is 6.61 Å². The molecule has 0 heterocycles.